The Labute approximate surface area is 290 Å². The van der Waals surface area contributed by atoms with E-state index >= 15 is 0 Å². The molecule has 2 heterocycles. The summed E-state index contributed by atoms with van der Waals surface area (Å²) in [6.07, 6.45) is 2.82. The molecule has 4 aromatic carbocycles. The summed E-state index contributed by atoms with van der Waals surface area (Å²) in [6, 6.07) is 30.5. The first kappa shape index (κ1) is 33.5. The van der Waals surface area contributed by atoms with Gasteiger partial charge >= 0.3 is 5.97 Å². The molecule has 6 rings (SSSR count). The number of carbonyl (C=O) groups is 2. The number of piperidine rings is 1. The van der Waals surface area contributed by atoms with E-state index in [1.54, 1.807) is 17.0 Å². The van der Waals surface area contributed by atoms with Crippen molar-refractivity contribution in [2.75, 3.05) is 38.5 Å². The van der Waals surface area contributed by atoms with Crippen molar-refractivity contribution in [3.63, 3.8) is 0 Å². The van der Waals surface area contributed by atoms with Crippen LogP contribution in [0.2, 0.25) is 10.0 Å². The van der Waals surface area contributed by atoms with Gasteiger partial charge in [-0.25, -0.2) is 9.78 Å². The number of rotatable bonds is 12. The SMILES string of the molecule is CN(CC(CCN1CCC(Nc2nc3ccccc3n2Cc2ccc(C(=O)O)cc2)CC1)c1ccc(Cl)c(Cl)c1)C(=O)c1ccccc1. The quantitative estimate of drug-likeness (QED) is 0.139. The van der Waals surface area contributed by atoms with Crippen molar-refractivity contribution >= 4 is 52.1 Å². The number of fused-ring (bicyclic) bond motifs is 1. The number of nitrogens with one attached hydrogen (secondary N) is 1. The number of carboxylic acid groups (broad SMARTS) is 1. The molecule has 0 saturated carbocycles. The molecule has 1 aliphatic heterocycles. The normalized spacial score (nSPS) is 14.6. The largest absolute Gasteiger partial charge is 0.478 e. The summed E-state index contributed by atoms with van der Waals surface area (Å²) in [5, 5.41) is 14.1. The first-order chi connectivity index (χ1) is 23.2. The first-order valence-corrected chi connectivity index (χ1v) is 17.0. The molecule has 248 valence electrons. The zero-order chi connectivity index (χ0) is 33.6. The standard InChI is InChI=1S/C38H39Cl2N5O3/c1-43(36(46)27-7-3-2-4-8-27)25-30(29-15-16-32(39)33(40)23-29)17-20-44-21-18-31(19-22-44)41-38-42-34-9-5-6-10-35(34)45(38)24-26-11-13-28(14-12-26)37(47)48/h2-16,23,30-31H,17-22,24-25H2,1H3,(H,41,42)(H,47,48). The van der Waals surface area contributed by atoms with Crippen molar-refractivity contribution in [3.05, 3.63) is 129 Å². The Morgan fingerprint density at radius 3 is 2.33 bits per heavy atom. The van der Waals surface area contributed by atoms with Gasteiger partial charge in [0.05, 0.1) is 33.2 Å². The maximum Gasteiger partial charge on any atom is 0.335 e. The number of para-hydroxylation sites is 2. The van der Waals surface area contributed by atoms with E-state index in [0.717, 1.165) is 67.0 Å². The van der Waals surface area contributed by atoms with E-state index in [0.29, 0.717) is 28.7 Å². The maximum atomic E-state index is 13.2. The second-order valence-electron chi connectivity index (χ2n) is 12.5. The molecule has 2 N–H and O–H groups in total. The van der Waals surface area contributed by atoms with Crippen molar-refractivity contribution in [2.24, 2.45) is 0 Å². The van der Waals surface area contributed by atoms with Gasteiger partial charge in [0.2, 0.25) is 5.95 Å². The van der Waals surface area contributed by atoms with Gasteiger partial charge in [-0.3, -0.25) is 4.79 Å². The molecule has 48 heavy (non-hydrogen) atoms. The Bertz CT molecular complexity index is 1870. The van der Waals surface area contributed by atoms with Crippen LogP contribution in [0.1, 0.15) is 57.0 Å². The summed E-state index contributed by atoms with van der Waals surface area (Å²) >= 11 is 12.7. The molecule has 8 nitrogen and oxygen atoms in total. The highest BCUT2D eigenvalue weighted by atomic mass is 35.5. The highest BCUT2D eigenvalue weighted by molar-refractivity contribution is 6.42. The topological polar surface area (TPSA) is 90.7 Å². The average Bonchev–Trinajstić information content (AvgIpc) is 3.44. The molecular formula is C38H39Cl2N5O3. The maximum absolute atomic E-state index is 13.2. The lowest BCUT2D eigenvalue weighted by atomic mass is 9.94. The number of amides is 1. The molecule has 1 aliphatic rings. The number of carbonyl (C=O) groups excluding carboxylic acids is 1. The predicted molar refractivity (Wildman–Crippen MR) is 193 cm³/mol. The van der Waals surface area contributed by atoms with Crippen molar-refractivity contribution in [3.8, 4) is 0 Å². The van der Waals surface area contributed by atoms with E-state index in [1.807, 2.05) is 85.9 Å². The van der Waals surface area contributed by atoms with Crippen LogP contribution >= 0.6 is 23.2 Å². The van der Waals surface area contributed by atoms with Gasteiger partial charge in [-0.1, -0.05) is 71.7 Å². The van der Waals surface area contributed by atoms with Gasteiger partial charge in [0, 0.05) is 44.2 Å². The van der Waals surface area contributed by atoms with E-state index in [4.69, 9.17) is 28.2 Å². The van der Waals surface area contributed by atoms with Crippen LogP contribution in [0.25, 0.3) is 11.0 Å². The highest BCUT2D eigenvalue weighted by Gasteiger charge is 2.24. The fraction of sp³-hybridized carbons (Fsp3) is 0.289. The van der Waals surface area contributed by atoms with Gasteiger partial charge in [0.25, 0.3) is 5.91 Å². The third-order valence-corrected chi connectivity index (χ3v) is 9.93. The minimum absolute atomic E-state index is 0.00385. The van der Waals surface area contributed by atoms with Crippen molar-refractivity contribution in [1.29, 1.82) is 0 Å². The number of imidazole rings is 1. The smallest absolute Gasteiger partial charge is 0.335 e. The van der Waals surface area contributed by atoms with Crippen LogP contribution in [0.3, 0.4) is 0 Å². The predicted octanol–water partition coefficient (Wildman–Crippen LogP) is 7.91. The molecular weight excluding hydrogens is 645 g/mol. The lowest BCUT2D eigenvalue weighted by Crippen LogP contribution is -2.40. The number of carboxylic acids is 1. The summed E-state index contributed by atoms with van der Waals surface area (Å²) < 4.78 is 2.17. The van der Waals surface area contributed by atoms with Gasteiger partial charge in [0.15, 0.2) is 0 Å². The molecule has 10 heteroatoms. The molecule has 1 aromatic heterocycles. The number of halogens is 2. The van der Waals surface area contributed by atoms with Gasteiger partial charge in [-0.2, -0.15) is 0 Å². The van der Waals surface area contributed by atoms with Crippen LogP contribution in [0.5, 0.6) is 0 Å². The number of likely N-dealkylation sites (N-methyl/N-ethyl adjacent to an activating group) is 1. The molecule has 5 aromatic rings. The lowest BCUT2D eigenvalue weighted by Gasteiger charge is -2.34. The summed E-state index contributed by atoms with van der Waals surface area (Å²) in [4.78, 5) is 33.7. The molecule has 1 saturated heterocycles. The molecule has 1 unspecified atom stereocenters. The van der Waals surface area contributed by atoms with E-state index < -0.39 is 5.97 Å². The zero-order valence-electron chi connectivity index (χ0n) is 26.9. The van der Waals surface area contributed by atoms with E-state index in [-0.39, 0.29) is 23.4 Å². The second-order valence-corrected chi connectivity index (χ2v) is 13.3. The molecule has 0 aliphatic carbocycles. The van der Waals surface area contributed by atoms with E-state index in [2.05, 4.69) is 20.9 Å². The Morgan fingerprint density at radius 2 is 1.62 bits per heavy atom. The van der Waals surface area contributed by atoms with Crippen LogP contribution in [0, 0.1) is 0 Å². The molecule has 1 fully saturated rings. The van der Waals surface area contributed by atoms with Crippen molar-refractivity contribution < 1.29 is 14.7 Å². The number of nitrogens with zero attached hydrogens (tertiary/aromatic N) is 4. The van der Waals surface area contributed by atoms with E-state index in [1.165, 1.54) is 0 Å². The Hall–Kier alpha value is -4.37. The average molecular weight is 685 g/mol. The summed E-state index contributed by atoms with van der Waals surface area (Å²) in [6.45, 7) is 3.94. The minimum atomic E-state index is -0.932. The van der Waals surface area contributed by atoms with Crippen LogP contribution < -0.4 is 5.32 Å². The number of aromatic nitrogens is 2. The zero-order valence-corrected chi connectivity index (χ0v) is 28.4. The summed E-state index contributed by atoms with van der Waals surface area (Å²) in [7, 11) is 1.86. The van der Waals surface area contributed by atoms with E-state index in [9.17, 15) is 14.7 Å². The highest BCUT2D eigenvalue weighted by Crippen LogP contribution is 2.30. The number of aromatic carboxylic acids is 1. The van der Waals surface area contributed by atoms with Gasteiger partial charge in [-0.15, -0.1) is 0 Å². The Morgan fingerprint density at radius 1 is 0.917 bits per heavy atom. The number of hydrogen-bond donors (Lipinski definition) is 2. The van der Waals surface area contributed by atoms with Crippen LogP contribution in [0.4, 0.5) is 5.95 Å². The number of likely N-dealkylation sites (tertiary alicyclic amines) is 1. The third-order valence-electron chi connectivity index (χ3n) is 9.19. The van der Waals surface area contributed by atoms with Crippen LogP contribution in [0.15, 0.2) is 97.1 Å². The second kappa shape index (κ2) is 15.2. The third kappa shape index (κ3) is 8.01. The lowest BCUT2D eigenvalue weighted by molar-refractivity contribution is 0.0696. The molecule has 1 amide bonds. The monoisotopic (exact) mass is 683 g/mol. The number of anilines is 1. The van der Waals surface area contributed by atoms with Gasteiger partial charge in [0.1, 0.15) is 0 Å². The van der Waals surface area contributed by atoms with Crippen LogP contribution in [-0.4, -0.2) is 75.6 Å². The Balaban J connectivity index is 1.09. The molecule has 0 spiro atoms. The molecule has 1 atom stereocenters. The fourth-order valence-electron chi connectivity index (χ4n) is 6.45. The number of benzene rings is 4. The molecule has 0 radical (unpaired) electrons. The number of hydrogen-bond acceptors (Lipinski definition) is 5. The molecule has 0 bridgehead atoms. The van der Waals surface area contributed by atoms with Crippen molar-refractivity contribution in [1.82, 2.24) is 19.4 Å². The first-order valence-electron chi connectivity index (χ1n) is 16.3. The van der Waals surface area contributed by atoms with Gasteiger partial charge < -0.3 is 24.8 Å². The summed E-state index contributed by atoms with van der Waals surface area (Å²) in [5.74, 6) is -0.0184. The van der Waals surface area contributed by atoms with Gasteiger partial charge in [-0.05, 0) is 85.5 Å². The Kier molecular flexibility index (Phi) is 10.6. The minimum Gasteiger partial charge on any atom is -0.478 e. The summed E-state index contributed by atoms with van der Waals surface area (Å²) in [5.41, 5.74) is 4.98. The van der Waals surface area contributed by atoms with Crippen LogP contribution in [-0.2, 0) is 6.54 Å². The van der Waals surface area contributed by atoms with Crippen molar-refractivity contribution in [2.45, 2.75) is 37.8 Å². The fourth-order valence-corrected chi connectivity index (χ4v) is 6.75.